The van der Waals surface area contributed by atoms with Crippen LogP contribution >= 0.6 is 0 Å². The molecule has 1 unspecified atom stereocenters. The Bertz CT molecular complexity index is 970. The average molecular weight is 571 g/mol. The summed E-state index contributed by atoms with van der Waals surface area (Å²) >= 11 is 0. The van der Waals surface area contributed by atoms with Crippen molar-refractivity contribution < 1.29 is 71.5 Å². The molecule has 212 valence electrons. The van der Waals surface area contributed by atoms with Gasteiger partial charge in [-0.3, -0.25) is 14.4 Å². The number of rotatable bonds is 10. The normalized spacial score (nSPS) is 22.2. The summed E-state index contributed by atoms with van der Waals surface area (Å²) in [5.74, 6) is -2.27. The summed E-state index contributed by atoms with van der Waals surface area (Å²) in [6, 6.07) is -3.51. The quantitative estimate of drug-likeness (QED) is 0.154. The van der Waals surface area contributed by atoms with Crippen LogP contribution in [-0.2, 0) is 29.2 Å². The van der Waals surface area contributed by atoms with E-state index in [9.17, 15) is 37.3 Å². The zero-order chi connectivity index (χ0) is 28.1. The number of alkyl carbamates (subject to hydrolysis) is 1. The molecule has 2 rings (SSSR count). The first-order valence-corrected chi connectivity index (χ1v) is 14.0. The van der Waals surface area contributed by atoms with Crippen LogP contribution in [0.1, 0.15) is 66.7 Å². The number of nitrogens with zero attached hydrogens (tertiary/aromatic N) is 1. The van der Waals surface area contributed by atoms with Gasteiger partial charge in [0.1, 0.15) is 27.8 Å². The van der Waals surface area contributed by atoms with Gasteiger partial charge in [0.2, 0.25) is 17.7 Å². The van der Waals surface area contributed by atoms with Gasteiger partial charge < -0.3 is 35.2 Å². The molecule has 38 heavy (non-hydrogen) atoms. The van der Waals surface area contributed by atoms with Crippen LogP contribution in [0.2, 0.25) is 0 Å². The number of carbonyl (C=O) groups excluding carboxylic acids is 4. The minimum Gasteiger partial charge on any atom is -0.746 e. The fourth-order valence-electron chi connectivity index (χ4n) is 4.55. The van der Waals surface area contributed by atoms with Crippen LogP contribution < -0.4 is 45.5 Å². The van der Waals surface area contributed by atoms with E-state index in [1.54, 1.807) is 20.8 Å². The third-order valence-electron chi connectivity index (χ3n) is 6.20. The zero-order valence-corrected chi connectivity index (χ0v) is 25.8. The molecule has 2 fully saturated rings. The SMILES string of the molecule is CC(C)C[C@H](NC(=O)OC(C)(C)C)C(=O)N1CCC[C@H]1C(=O)N[C@@H](C[C@@H]1CCNC1=O)C(O)S(=O)(=O)[O-].[Na+]. The second-order valence-corrected chi connectivity index (χ2v) is 12.5. The number of aliphatic hydroxyl groups excluding tert-OH is 1. The van der Waals surface area contributed by atoms with E-state index in [4.69, 9.17) is 4.74 Å². The number of aliphatic hydroxyl groups is 1. The molecule has 13 nitrogen and oxygen atoms in total. The molecule has 4 N–H and O–H groups in total. The van der Waals surface area contributed by atoms with Crippen molar-refractivity contribution in [2.75, 3.05) is 13.1 Å². The topological polar surface area (TPSA) is 194 Å². The van der Waals surface area contributed by atoms with E-state index in [0.29, 0.717) is 19.4 Å². The summed E-state index contributed by atoms with van der Waals surface area (Å²) in [6.07, 6.45) is 0.355. The Morgan fingerprint density at radius 1 is 1.21 bits per heavy atom. The van der Waals surface area contributed by atoms with Gasteiger partial charge in [-0.05, 0) is 58.8 Å². The van der Waals surface area contributed by atoms with Crippen molar-refractivity contribution in [3.8, 4) is 0 Å². The molecule has 2 saturated heterocycles. The van der Waals surface area contributed by atoms with E-state index in [1.807, 2.05) is 13.8 Å². The molecule has 0 radical (unpaired) electrons. The van der Waals surface area contributed by atoms with Crippen LogP contribution in [0.25, 0.3) is 0 Å². The number of hydrogen-bond donors (Lipinski definition) is 4. The van der Waals surface area contributed by atoms with Crippen LogP contribution in [0.3, 0.4) is 0 Å². The smallest absolute Gasteiger partial charge is 0.746 e. The molecule has 0 aromatic heterocycles. The molecule has 0 saturated carbocycles. The van der Waals surface area contributed by atoms with Crippen LogP contribution in [-0.4, -0.2) is 89.0 Å². The summed E-state index contributed by atoms with van der Waals surface area (Å²) < 4.78 is 39.8. The second kappa shape index (κ2) is 14.3. The Labute approximate surface area is 246 Å². The number of ether oxygens (including phenoxy) is 1. The molecule has 0 aromatic rings. The van der Waals surface area contributed by atoms with E-state index in [0.717, 1.165) is 0 Å². The van der Waals surface area contributed by atoms with Crippen molar-refractivity contribution >= 4 is 33.9 Å². The Hall–Kier alpha value is -1.45. The number of carbonyl (C=O) groups is 4. The Morgan fingerprint density at radius 3 is 2.34 bits per heavy atom. The fraction of sp³-hybridized carbons (Fsp3) is 0.826. The first kappa shape index (κ1) is 34.6. The molecule has 0 spiro atoms. The van der Waals surface area contributed by atoms with Crippen LogP contribution in [0.4, 0.5) is 4.79 Å². The van der Waals surface area contributed by atoms with Gasteiger partial charge in [0.15, 0.2) is 5.44 Å². The van der Waals surface area contributed by atoms with Crippen LogP contribution in [0.5, 0.6) is 0 Å². The summed E-state index contributed by atoms with van der Waals surface area (Å²) in [5, 5.41) is 17.7. The number of nitrogens with one attached hydrogen (secondary N) is 3. The van der Waals surface area contributed by atoms with Crippen LogP contribution in [0, 0.1) is 11.8 Å². The van der Waals surface area contributed by atoms with Gasteiger partial charge >= 0.3 is 35.7 Å². The number of hydrogen-bond acceptors (Lipinski definition) is 9. The largest absolute Gasteiger partial charge is 1.00 e. The van der Waals surface area contributed by atoms with Crippen molar-refractivity contribution in [2.24, 2.45) is 11.8 Å². The number of likely N-dealkylation sites (tertiary alicyclic amines) is 1. The molecule has 2 aliphatic heterocycles. The minimum absolute atomic E-state index is 0. The number of amides is 4. The van der Waals surface area contributed by atoms with Gasteiger partial charge in [-0.1, -0.05) is 13.8 Å². The predicted octanol–water partition coefficient (Wildman–Crippen LogP) is -3.20. The maximum absolute atomic E-state index is 13.4. The van der Waals surface area contributed by atoms with Crippen molar-refractivity contribution in [3.63, 3.8) is 0 Å². The molecule has 0 aliphatic carbocycles. The summed E-state index contributed by atoms with van der Waals surface area (Å²) in [4.78, 5) is 52.2. The molecule has 2 aliphatic rings. The molecule has 0 aromatic carbocycles. The monoisotopic (exact) mass is 570 g/mol. The third kappa shape index (κ3) is 10.3. The van der Waals surface area contributed by atoms with Gasteiger partial charge in [-0.2, -0.15) is 0 Å². The van der Waals surface area contributed by atoms with Gasteiger partial charge in [-0.15, -0.1) is 0 Å². The van der Waals surface area contributed by atoms with Gasteiger partial charge in [0, 0.05) is 19.0 Å². The Kier molecular flexibility index (Phi) is 13.0. The van der Waals surface area contributed by atoms with Crippen molar-refractivity contribution in [1.82, 2.24) is 20.9 Å². The fourth-order valence-corrected chi connectivity index (χ4v) is 5.13. The Balaban J connectivity index is 0.00000722. The molecular weight excluding hydrogens is 531 g/mol. The standard InChI is InChI=1S/C23H40N4O9S.Na/c1-13(2)11-15(26-22(32)36-23(3,4)5)20(30)27-10-6-7-17(27)19(29)25-16(21(31)37(33,34)35)12-14-8-9-24-18(14)28;/h13-17,21,31H,6-12H2,1-5H3,(H,24,28)(H,25,29)(H,26,32)(H,33,34,35);/q;+1/p-1/t14-,15-,16-,17-,21?;/m0./s1. The molecule has 5 atom stereocenters. The van der Waals surface area contributed by atoms with E-state index in [1.165, 1.54) is 4.90 Å². The first-order valence-electron chi connectivity index (χ1n) is 12.5. The van der Waals surface area contributed by atoms with E-state index >= 15 is 0 Å². The molecule has 4 amide bonds. The summed E-state index contributed by atoms with van der Waals surface area (Å²) in [7, 11) is -5.20. The average Bonchev–Trinajstić information content (AvgIpc) is 3.38. The first-order chi connectivity index (χ1) is 17.0. The van der Waals surface area contributed by atoms with E-state index in [2.05, 4.69) is 16.0 Å². The minimum atomic E-state index is -5.20. The van der Waals surface area contributed by atoms with Crippen molar-refractivity contribution in [3.05, 3.63) is 0 Å². The maximum atomic E-state index is 13.4. The van der Waals surface area contributed by atoms with Crippen molar-refractivity contribution in [1.29, 1.82) is 0 Å². The van der Waals surface area contributed by atoms with Crippen LogP contribution in [0.15, 0.2) is 0 Å². The van der Waals surface area contributed by atoms with Gasteiger partial charge in [-0.25, -0.2) is 13.2 Å². The molecule has 2 heterocycles. The second-order valence-electron chi connectivity index (χ2n) is 11.0. The van der Waals surface area contributed by atoms with E-state index < -0.39 is 63.1 Å². The molecule has 15 heteroatoms. The van der Waals surface area contributed by atoms with Gasteiger partial charge in [0.25, 0.3) is 0 Å². The van der Waals surface area contributed by atoms with Crippen molar-refractivity contribution in [2.45, 2.75) is 95.9 Å². The molecular formula is C23H39N4NaO9S. The third-order valence-corrected chi connectivity index (χ3v) is 7.12. The van der Waals surface area contributed by atoms with E-state index in [-0.39, 0.29) is 67.2 Å². The zero-order valence-electron chi connectivity index (χ0n) is 23.0. The predicted molar refractivity (Wildman–Crippen MR) is 131 cm³/mol. The summed E-state index contributed by atoms with van der Waals surface area (Å²) in [6.45, 7) is 9.40. The molecule has 0 bridgehead atoms. The summed E-state index contributed by atoms with van der Waals surface area (Å²) in [5.41, 5.74) is -3.24. The van der Waals surface area contributed by atoms with Gasteiger partial charge in [0.05, 0.1) is 6.04 Å². The maximum Gasteiger partial charge on any atom is 1.00 e. The Morgan fingerprint density at radius 2 is 1.84 bits per heavy atom.